The van der Waals surface area contributed by atoms with Crippen molar-refractivity contribution in [3.8, 4) is 17.2 Å². The zero-order valence-electron chi connectivity index (χ0n) is 19.1. The average molecular weight is 462 g/mol. The third-order valence-corrected chi connectivity index (χ3v) is 7.18. The molecule has 0 aromatic heterocycles. The zero-order chi connectivity index (χ0) is 24.3. The van der Waals surface area contributed by atoms with Gasteiger partial charge in [-0.05, 0) is 47.9 Å². The lowest BCUT2D eigenvalue weighted by molar-refractivity contribution is -0.159. The van der Waals surface area contributed by atoms with Crippen molar-refractivity contribution in [2.24, 2.45) is 5.92 Å². The first-order valence-electron chi connectivity index (χ1n) is 11.0. The standard InChI is InChI=1S/C27H26O7/c1-15-13-19(33-3)23-20(14-15)34-27(17-9-11-18(32-2)12-10-17)22(16-7-5-4-6-8-16)21(25(29)30)24(28)26(23,27)31/h4-14,21-22,24,28,31H,1-3H3,(H,29,30)/t21-,22-,24-,26+,27+/m1/s1. The highest BCUT2D eigenvalue weighted by molar-refractivity contribution is 5.76. The largest absolute Gasteiger partial charge is 0.497 e. The molecule has 34 heavy (non-hydrogen) atoms. The van der Waals surface area contributed by atoms with Crippen LogP contribution in [0.25, 0.3) is 0 Å². The summed E-state index contributed by atoms with van der Waals surface area (Å²) < 4.78 is 17.5. The second kappa shape index (κ2) is 7.75. The third kappa shape index (κ3) is 2.74. The minimum Gasteiger partial charge on any atom is -0.497 e. The number of carbonyl (C=O) groups is 1. The van der Waals surface area contributed by atoms with Crippen molar-refractivity contribution in [2.45, 2.75) is 30.1 Å². The lowest BCUT2D eigenvalue weighted by Gasteiger charge is -2.40. The Morgan fingerprint density at radius 3 is 2.26 bits per heavy atom. The number of hydrogen-bond acceptors (Lipinski definition) is 6. The Kier molecular flexibility index (Phi) is 5.07. The molecule has 7 nitrogen and oxygen atoms in total. The summed E-state index contributed by atoms with van der Waals surface area (Å²) in [6.45, 7) is 1.87. The molecule has 7 heteroatoms. The smallest absolute Gasteiger partial charge is 0.310 e. The number of hydrogen-bond donors (Lipinski definition) is 3. The fourth-order valence-electron chi connectivity index (χ4n) is 5.82. The Labute approximate surface area is 197 Å². The molecule has 0 spiro atoms. The molecule has 3 N–H and O–H groups in total. The molecule has 3 aromatic carbocycles. The van der Waals surface area contributed by atoms with Crippen LogP contribution < -0.4 is 14.2 Å². The van der Waals surface area contributed by atoms with E-state index in [-0.39, 0.29) is 5.56 Å². The van der Waals surface area contributed by atoms with E-state index in [1.165, 1.54) is 7.11 Å². The number of fused-ring (bicyclic) bond motifs is 3. The van der Waals surface area contributed by atoms with Crippen LogP contribution in [0.1, 0.15) is 28.2 Å². The molecule has 0 bridgehead atoms. The van der Waals surface area contributed by atoms with Gasteiger partial charge in [-0.1, -0.05) is 42.5 Å². The number of rotatable bonds is 5. The molecule has 1 aliphatic heterocycles. The molecule has 5 atom stereocenters. The molecule has 0 unspecified atom stereocenters. The van der Waals surface area contributed by atoms with Gasteiger partial charge in [-0.25, -0.2) is 0 Å². The lowest BCUT2D eigenvalue weighted by atomic mass is 9.70. The van der Waals surface area contributed by atoms with Gasteiger partial charge in [0.25, 0.3) is 0 Å². The monoisotopic (exact) mass is 462 g/mol. The van der Waals surface area contributed by atoms with Crippen LogP contribution in [0.4, 0.5) is 0 Å². The number of aliphatic carboxylic acids is 1. The Morgan fingerprint density at radius 2 is 1.68 bits per heavy atom. The SMILES string of the molecule is COc1ccc([C@@]23Oc4cc(C)cc(OC)c4[C@]2(O)[C@H](O)[C@H](C(=O)O)[C@H]3c2ccccc2)cc1. The summed E-state index contributed by atoms with van der Waals surface area (Å²) in [5.41, 5.74) is -1.53. The molecule has 0 saturated heterocycles. The highest BCUT2D eigenvalue weighted by Gasteiger charge is 2.78. The Hall–Kier alpha value is -3.55. The van der Waals surface area contributed by atoms with Crippen molar-refractivity contribution in [1.82, 2.24) is 0 Å². The van der Waals surface area contributed by atoms with Gasteiger partial charge in [-0.15, -0.1) is 0 Å². The molecule has 176 valence electrons. The van der Waals surface area contributed by atoms with E-state index in [9.17, 15) is 20.1 Å². The molecule has 2 aliphatic rings. The molecule has 0 amide bonds. The maximum absolute atomic E-state index is 12.6. The first-order valence-corrected chi connectivity index (χ1v) is 11.0. The van der Waals surface area contributed by atoms with Crippen LogP contribution in [-0.2, 0) is 16.0 Å². The van der Waals surface area contributed by atoms with Gasteiger partial charge >= 0.3 is 5.97 Å². The minimum atomic E-state index is -2.11. The van der Waals surface area contributed by atoms with E-state index in [2.05, 4.69) is 0 Å². The first kappa shape index (κ1) is 22.3. The summed E-state index contributed by atoms with van der Waals surface area (Å²) in [6, 6.07) is 19.4. The van der Waals surface area contributed by atoms with Gasteiger partial charge in [-0.2, -0.15) is 0 Å². The maximum Gasteiger partial charge on any atom is 0.310 e. The molecule has 1 aliphatic carbocycles. The van der Waals surface area contributed by atoms with Gasteiger partial charge in [0.05, 0.1) is 25.7 Å². The summed E-state index contributed by atoms with van der Waals surface area (Å²) in [5.74, 6) is -2.24. The van der Waals surface area contributed by atoms with Crippen LogP contribution in [0.5, 0.6) is 17.2 Å². The number of aryl methyl sites for hydroxylation is 1. The van der Waals surface area contributed by atoms with Crippen LogP contribution in [0, 0.1) is 12.8 Å². The van der Waals surface area contributed by atoms with E-state index in [1.807, 2.05) is 13.0 Å². The summed E-state index contributed by atoms with van der Waals surface area (Å²) in [4.78, 5) is 12.6. The van der Waals surface area contributed by atoms with Gasteiger partial charge in [-0.3, -0.25) is 4.79 Å². The first-order chi connectivity index (χ1) is 16.3. The minimum absolute atomic E-state index is 0.244. The summed E-state index contributed by atoms with van der Waals surface area (Å²) in [7, 11) is 3.02. The summed E-state index contributed by atoms with van der Waals surface area (Å²) in [6.07, 6.45) is -1.69. The van der Waals surface area contributed by atoms with Crippen LogP contribution in [-0.4, -0.2) is 41.6 Å². The van der Waals surface area contributed by atoms with Crippen molar-refractivity contribution in [1.29, 1.82) is 0 Å². The number of carboxylic acid groups (broad SMARTS) is 1. The molecular weight excluding hydrogens is 436 g/mol. The molecule has 1 fully saturated rings. The molecule has 3 aromatic rings. The number of methoxy groups -OCH3 is 2. The number of aliphatic hydroxyl groups excluding tert-OH is 1. The van der Waals surface area contributed by atoms with Crippen LogP contribution in [0.2, 0.25) is 0 Å². The van der Waals surface area contributed by atoms with Gasteiger partial charge in [0.1, 0.15) is 23.4 Å². The normalized spacial score (nSPS) is 29.1. The number of aliphatic hydroxyl groups is 2. The van der Waals surface area contributed by atoms with Crippen LogP contribution in [0.3, 0.4) is 0 Å². The zero-order valence-corrected chi connectivity index (χ0v) is 19.1. The Bertz CT molecular complexity index is 1240. The number of carboxylic acids is 1. The lowest BCUT2D eigenvalue weighted by Crippen LogP contribution is -2.52. The fraction of sp³-hybridized carbons (Fsp3) is 0.296. The molecule has 1 saturated carbocycles. The quantitative estimate of drug-likeness (QED) is 0.534. The third-order valence-electron chi connectivity index (χ3n) is 7.18. The van der Waals surface area contributed by atoms with Crippen molar-refractivity contribution < 1.29 is 34.3 Å². The van der Waals surface area contributed by atoms with Crippen LogP contribution >= 0.6 is 0 Å². The Balaban J connectivity index is 1.88. The Morgan fingerprint density at radius 1 is 1.00 bits per heavy atom. The highest BCUT2D eigenvalue weighted by atomic mass is 16.5. The van der Waals surface area contributed by atoms with Gasteiger partial charge in [0.15, 0.2) is 11.2 Å². The summed E-state index contributed by atoms with van der Waals surface area (Å²) >= 11 is 0. The van der Waals surface area contributed by atoms with Crippen molar-refractivity contribution >= 4 is 5.97 Å². The molecule has 0 radical (unpaired) electrons. The summed E-state index contributed by atoms with van der Waals surface area (Å²) in [5, 5.41) is 34.3. The molecule has 1 heterocycles. The maximum atomic E-state index is 12.6. The average Bonchev–Trinajstić information content (AvgIpc) is 3.22. The predicted molar refractivity (Wildman–Crippen MR) is 123 cm³/mol. The van der Waals surface area contributed by atoms with Crippen LogP contribution in [0.15, 0.2) is 66.7 Å². The number of ether oxygens (including phenoxy) is 3. The van der Waals surface area contributed by atoms with Crippen molar-refractivity contribution in [3.63, 3.8) is 0 Å². The second-order valence-electron chi connectivity index (χ2n) is 8.87. The van der Waals surface area contributed by atoms with E-state index < -0.39 is 35.1 Å². The van der Waals surface area contributed by atoms with Gasteiger partial charge in [0, 0.05) is 5.92 Å². The fourth-order valence-corrected chi connectivity index (χ4v) is 5.82. The highest BCUT2D eigenvalue weighted by Crippen LogP contribution is 2.69. The van der Waals surface area contributed by atoms with E-state index in [1.54, 1.807) is 67.8 Å². The molecule has 5 rings (SSSR count). The van der Waals surface area contributed by atoms with Gasteiger partial charge < -0.3 is 29.5 Å². The van der Waals surface area contributed by atoms with E-state index in [0.29, 0.717) is 28.4 Å². The number of benzene rings is 3. The second-order valence-corrected chi connectivity index (χ2v) is 8.87. The van der Waals surface area contributed by atoms with E-state index >= 15 is 0 Å². The van der Waals surface area contributed by atoms with Gasteiger partial charge in [0.2, 0.25) is 0 Å². The van der Waals surface area contributed by atoms with E-state index in [4.69, 9.17) is 14.2 Å². The molecular formula is C27H26O7. The van der Waals surface area contributed by atoms with Crippen molar-refractivity contribution in [2.75, 3.05) is 14.2 Å². The predicted octanol–water partition coefficient (Wildman–Crippen LogP) is 3.35. The topological polar surface area (TPSA) is 105 Å². The van der Waals surface area contributed by atoms with Crippen molar-refractivity contribution in [3.05, 3.63) is 89.0 Å². The van der Waals surface area contributed by atoms with E-state index in [0.717, 1.165) is 5.56 Å².